The smallest absolute Gasteiger partial charge is 0.289 e. The van der Waals surface area contributed by atoms with Gasteiger partial charge in [0.15, 0.2) is 12.0 Å². The minimum absolute atomic E-state index is 0.0652. The van der Waals surface area contributed by atoms with Gasteiger partial charge in [-0.15, -0.1) is 0 Å². The molecule has 1 aliphatic heterocycles. The first-order valence-corrected chi connectivity index (χ1v) is 9.79. The highest BCUT2D eigenvalue weighted by molar-refractivity contribution is 5.98. The summed E-state index contributed by atoms with van der Waals surface area (Å²) in [5.41, 5.74) is 0.663. The van der Waals surface area contributed by atoms with E-state index in [0.29, 0.717) is 5.56 Å². The van der Waals surface area contributed by atoms with Crippen LogP contribution in [0.25, 0.3) is 6.08 Å². The molecular weight excluding hydrogens is 379 g/mol. The number of carbonyl (C=O) groups is 2. The fraction of sp³-hybridized carbons (Fsp3) is 0.524. The minimum atomic E-state index is -0.546. The monoisotopic (exact) mass is 406 g/mol. The van der Waals surface area contributed by atoms with Crippen LogP contribution in [0.15, 0.2) is 30.0 Å². The van der Waals surface area contributed by atoms with Gasteiger partial charge in [-0.05, 0) is 43.0 Å². The Morgan fingerprint density at radius 1 is 1.28 bits per heavy atom. The van der Waals surface area contributed by atoms with E-state index in [1.54, 1.807) is 23.1 Å². The van der Waals surface area contributed by atoms with Crippen molar-refractivity contribution < 1.29 is 28.2 Å². The number of ether oxygens (including phenoxy) is 3. The van der Waals surface area contributed by atoms with Crippen LogP contribution >= 0.6 is 0 Å². The summed E-state index contributed by atoms with van der Waals surface area (Å²) in [5, 5.41) is 2.73. The molecule has 1 saturated carbocycles. The highest BCUT2D eigenvalue weighted by Crippen LogP contribution is 2.33. The van der Waals surface area contributed by atoms with Crippen molar-refractivity contribution in [3.8, 4) is 0 Å². The second-order valence-electron chi connectivity index (χ2n) is 7.21. The molecule has 0 spiro atoms. The molecule has 1 heterocycles. The summed E-state index contributed by atoms with van der Waals surface area (Å²) < 4.78 is 29.3. The van der Waals surface area contributed by atoms with Gasteiger partial charge in [-0.25, -0.2) is 4.39 Å². The number of rotatable bonds is 7. The average molecular weight is 406 g/mol. The van der Waals surface area contributed by atoms with E-state index < -0.39 is 6.29 Å². The van der Waals surface area contributed by atoms with Crippen molar-refractivity contribution in [3.63, 3.8) is 0 Å². The topological polar surface area (TPSA) is 77.1 Å². The molecule has 0 radical (unpaired) electrons. The lowest BCUT2D eigenvalue weighted by molar-refractivity contribution is -0.152. The highest BCUT2D eigenvalue weighted by Gasteiger charge is 2.42. The van der Waals surface area contributed by atoms with Crippen molar-refractivity contribution in [2.45, 2.75) is 44.1 Å². The number of nitrogens with zero attached hydrogens (tertiary/aromatic N) is 1. The van der Waals surface area contributed by atoms with Crippen LogP contribution in [0.3, 0.4) is 0 Å². The number of benzene rings is 1. The molecule has 2 fully saturated rings. The Kier molecular flexibility index (Phi) is 7.22. The Morgan fingerprint density at radius 2 is 1.97 bits per heavy atom. The quantitative estimate of drug-likeness (QED) is 0.554. The second-order valence-corrected chi connectivity index (χ2v) is 7.21. The first kappa shape index (κ1) is 21.3. The molecule has 2 atom stereocenters. The minimum Gasteiger partial charge on any atom is -0.482 e. The molecule has 29 heavy (non-hydrogen) atoms. The van der Waals surface area contributed by atoms with Crippen LogP contribution < -0.4 is 5.32 Å². The molecule has 1 saturated heterocycles. The summed E-state index contributed by atoms with van der Waals surface area (Å²) in [6, 6.07) is 5.69. The predicted molar refractivity (Wildman–Crippen MR) is 104 cm³/mol. The zero-order chi connectivity index (χ0) is 20.8. The van der Waals surface area contributed by atoms with Crippen LogP contribution in [0.2, 0.25) is 0 Å². The van der Waals surface area contributed by atoms with E-state index in [4.69, 9.17) is 14.2 Å². The maximum absolute atomic E-state index is 13.2. The predicted octanol–water partition coefficient (Wildman–Crippen LogP) is 2.07. The van der Waals surface area contributed by atoms with Gasteiger partial charge in [0.25, 0.3) is 5.91 Å². The number of halogens is 1. The van der Waals surface area contributed by atoms with E-state index >= 15 is 0 Å². The molecule has 0 bridgehead atoms. The summed E-state index contributed by atoms with van der Waals surface area (Å²) in [4.78, 5) is 27.1. The Morgan fingerprint density at radius 3 is 2.66 bits per heavy atom. The Bertz CT molecular complexity index is 748. The fourth-order valence-electron chi connectivity index (χ4n) is 3.74. The van der Waals surface area contributed by atoms with Crippen LogP contribution in [0.4, 0.5) is 4.39 Å². The van der Waals surface area contributed by atoms with Gasteiger partial charge in [0.2, 0.25) is 5.91 Å². The summed E-state index contributed by atoms with van der Waals surface area (Å²) in [7, 11) is 2.98. The maximum atomic E-state index is 13.2. The lowest BCUT2D eigenvalue weighted by Crippen LogP contribution is -2.57. The molecule has 1 aliphatic carbocycles. The first-order valence-electron chi connectivity index (χ1n) is 9.79. The molecule has 1 aromatic rings. The van der Waals surface area contributed by atoms with Gasteiger partial charge in [-0.2, -0.15) is 0 Å². The van der Waals surface area contributed by atoms with Crippen LogP contribution in [-0.4, -0.2) is 62.5 Å². The SMILES string of the molecule is COC(CNC(=O)CN1C(=O)/C(=C\c2ccc(F)cc2)OC2CCCCC21)OC. The van der Waals surface area contributed by atoms with E-state index in [-0.39, 0.29) is 48.6 Å². The Labute approximate surface area is 169 Å². The Hall–Kier alpha value is -2.45. The molecule has 2 unspecified atom stereocenters. The molecule has 8 heteroatoms. The van der Waals surface area contributed by atoms with Crippen molar-refractivity contribution in [2.24, 2.45) is 0 Å². The summed E-state index contributed by atoms with van der Waals surface area (Å²) in [5.74, 6) is -0.786. The van der Waals surface area contributed by atoms with Crippen molar-refractivity contribution in [2.75, 3.05) is 27.3 Å². The molecule has 7 nitrogen and oxygen atoms in total. The third-order valence-electron chi connectivity index (χ3n) is 5.29. The van der Waals surface area contributed by atoms with Crippen LogP contribution in [-0.2, 0) is 23.8 Å². The zero-order valence-electron chi connectivity index (χ0n) is 16.7. The molecule has 2 amide bonds. The van der Waals surface area contributed by atoms with Gasteiger partial charge < -0.3 is 24.4 Å². The number of hydrogen-bond acceptors (Lipinski definition) is 5. The lowest BCUT2D eigenvalue weighted by Gasteiger charge is -2.44. The maximum Gasteiger partial charge on any atom is 0.289 e. The largest absolute Gasteiger partial charge is 0.482 e. The van der Waals surface area contributed by atoms with Crippen molar-refractivity contribution in [1.29, 1.82) is 0 Å². The number of fused-ring (bicyclic) bond motifs is 1. The molecule has 3 rings (SSSR count). The van der Waals surface area contributed by atoms with Crippen molar-refractivity contribution in [1.82, 2.24) is 10.2 Å². The second kappa shape index (κ2) is 9.84. The lowest BCUT2D eigenvalue weighted by atomic mass is 9.89. The molecule has 158 valence electrons. The third kappa shape index (κ3) is 5.33. The van der Waals surface area contributed by atoms with E-state index in [1.807, 2.05) is 0 Å². The van der Waals surface area contributed by atoms with Gasteiger partial charge in [0, 0.05) is 14.2 Å². The number of hydrogen-bond donors (Lipinski definition) is 1. The number of morpholine rings is 1. The third-order valence-corrected chi connectivity index (χ3v) is 5.29. The Balaban J connectivity index is 1.75. The van der Waals surface area contributed by atoms with E-state index in [9.17, 15) is 14.0 Å². The highest BCUT2D eigenvalue weighted by atomic mass is 19.1. The number of amides is 2. The van der Waals surface area contributed by atoms with E-state index in [2.05, 4.69) is 5.32 Å². The average Bonchev–Trinajstić information content (AvgIpc) is 2.73. The van der Waals surface area contributed by atoms with Gasteiger partial charge in [0.1, 0.15) is 18.5 Å². The molecular formula is C21H27FN2O5. The van der Waals surface area contributed by atoms with Crippen molar-refractivity contribution in [3.05, 3.63) is 41.4 Å². The van der Waals surface area contributed by atoms with E-state index in [0.717, 1.165) is 25.7 Å². The molecule has 2 aliphatic rings. The zero-order valence-corrected chi connectivity index (χ0v) is 16.7. The summed E-state index contributed by atoms with van der Waals surface area (Å²) in [6.07, 6.45) is 4.54. The van der Waals surface area contributed by atoms with Gasteiger partial charge >= 0.3 is 0 Å². The van der Waals surface area contributed by atoms with Crippen LogP contribution in [0, 0.1) is 5.82 Å². The van der Waals surface area contributed by atoms with E-state index in [1.165, 1.54) is 26.4 Å². The number of methoxy groups -OCH3 is 2. The summed E-state index contributed by atoms with van der Waals surface area (Å²) >= 11 is 0. The van der Waals surface area contributed by atoms with Crippen LogP contribution in [0.1, 0.15) is 31.2 Å². The molecule has 1 aromatic carbocycles. The number of nitrogens with one attached hydrogen (secondary N) is 1. The first-order chi connectivity index (χ1) is 14.0. The molecule has 1 N–H and O–H groups in total. The molecule has 0 aromatic heterocycles. The van der Waals surface area contributed by atoms with Gasteiger partial charge in [-0.1, -0.05) is 18.6 Å². The van der Waals surface area contributed by atoms with Crippen LogP contribution in [0.5, 0.6) is 0 Å². The van der Waals surface area contributed by atoms with Gasteiger partial charge in [0.05, 0.1) is 12.6 Å². The van der Waals surface area contributed by atoms with Crippen molar-refractivity contribution >= 4 is 17.9 Å². The fourth-order valence-corrected chi connectivity index (χ4v) is 3.74. The number of carbonyl (C=O) groups excluding carboxylic acids is 2. The summed E-state index contributed by atoms with van der Waals surface area (Å²) in [6.45, 7) is 0.126. The normalized spacial score (nSPS) is 23.1. The van der Waals surface area contributed by atoms with Gasteiger partial charge in [-0.3, -0.25) is 9.59 Å². The standard InChI is InChI=1S/C21H27FN2O5/c1-27-20(28-2)12-23-19(25)13-24-16-5-3-4-6-17(16)29-18(21(24)26)11-14-7-9-15(22)10-8-14/h7-11,16-17,20H,3-6,12-13H2,1-2H3,(H,23,25)/b18-11+.